The number of fused-ring (bicyclic) bond motifs is 1. The Hall–Kier alpha value is -2.55. The van der Waals surface area contributed by atoms with Gasteiger partial charge < -0.3 is 9.47 Å². The SMILES string of the molecule is N#Cc1c(F)ccc2c1OCC(Cn1cccn1)O2. The number of hydrogen-bond acceptors (Lipinski definition) is 4. The quantitative estimate of drug-likeness (QED) is 0.824. The Morgan fingerprint density at radius 2 is 2.42 bits per heavy atom. The van der Waals surface area contributed by atoms with E-state index in [0.29, 0.717) is 12.3 Å². The highest BCUT2D eigenvalue weighted by Gasteiger charge is 2.25. The summed E-state index contributed by atoms with van der Waals surface area (Å²) in [5.74, 6) is -0.0315. The standard InChI is InChI=1S/C13H10FN3O2/c14-11-2-3-12-13(10(11)6-15)18-8-9(19-12)7-17-5-1-4-16-17/h1-5,9H,7-8H2. The molecule has 1 unspecified atom stereocenters. The number of ether oxygens (including phenoxy) is 2. The van der Waals surface area contributed by atoms with Crippen LogP contribution in [0.15, 0.2) is 30.6 Å². The Labute approximate surface area is 108 Å². The average molecular weight is 259 g/mol. The molecular formula is C13H10FN3O2. The van der Waals surface area contributed by atoms with E-state index in [1.165, 1.54) is 12.1 Å². The van der Waals surface area contributed by atoms with Crippen LogP contribution < -0.4 is 9.47 Å². The van der Waals surface area contributed by atoms with E-state index >= 15 is 0 Å². The van der Waals surface area contributed by atoms with Crippen molar-refractivity contribution >= 4 is 0 Å². The van der Waals surface area contributed by atoms with Gasteiger partial charge in [0.05, 0.1) is 6.54 Å². The molecule has 0 saturated carbocycles. The lowest BCUT2D eigenvalue weighted by atomic mass is 10.1. The van der Waals surface area contributed by atoms with Crippen molar-refractivity contribution in [3.63, 3.8) is 0 Å². The lowest BCUT2D eigenvalue weighted by Gasteiger charge is -2.27. The number of nitriles is 1. The first-order valence-electron chi connectivity index (χ1n) is 5.77. The van der Waals surface area contributed by atoms with Crippen molar-refractivity contribution in [2.45, 2.75) is 12.6 Å². The molecule has 0 bridgehead atoms. The summed E-state index contributed by atoms with van der Waals surface area (Å²) >= 11 is 0. The average Bonchev–Trinajstić information content (AvgIpc) is 2.92. The first-order valence-corrected chi connectivity index (χ1v) is 5.77. The maximum Gasteiger partial charge on any atom is 0.182 e. The van der Waals surface area contributed by atoms with Gasteiger partial charge in [-0.2, -0.15) is 10.4 Å². The van der Waals surface area contributed by atoms with Crippen molar-refractivity contribution < 1.29 is 13.9 Å². The van der Waals surface area contributed by atoms with Gasteiger partial charge in [0.1, 0.15) is 24.1 Å². The summed E-state index contributed by atoms with van der Waals surface area (Å²) in [5, 5.41) is 13.0. The summed E-state index contributed by atoms with van der Waals surface area (Å²) in [4.78, 5) is 0. The third-order valence-electron chi connectivity index (χ3n) is 2.84. The largest absolute Gasteiger partial charge is 0.484 e. The molecular weight excluding hydrogens is 249 g/mol. The van der Waals surface area contributed by atoms with E-state index in [1.54, 1.807) is 16.9 Å². The van der Waals surface area contributed by atoms with Crippen molar-refractivity contribution in [1.29, 1.82) is 5.26 Å². The lowest BCUT2D eigenvalue weighted by Crippen LogP contribution is -2.33. The summed E-state index contributed by atoms with van der Waals surface area (Å²) in [6.07, 6.45) is 3.29. The van der Waals surface area contributed by atoms with Gasteiger partial charge in [0.15, 0.2) is 17.6 Å². The molecule has 6 heteroatoms. The van der Waals surface area contributed by atoms with Gasteiger partial charge >= 0.3 is 0 Å². The number of benzene rings is 1. The number of halogens is 1. The fourth-order valence-corrected chi connectivity index (χ4v) is 1.98. The van der Waals surface area contributed by atoms with Crippen LogP contribution in [0, 0.1) is 17.1 Å². The second-order valence-corrected chi connectivity index (χ2v) is 4.14. The molecule has 2 heterocycles. The molecule has 2 aromatic rings. The molecule has 0 fully saturated rings. The molecule has 1 atom stereocenters. The summed E-state index contributed by atoms with van der Waals surface area (Å²) in [6.45, 7) is 0.788. The molecule has 1 aliphatic heterocycles. The van der Waals surface area contributed by atoms with Gasteiger partial charge in [-0.25, -0.2) is 4.39 Å². The molecule has 0 radical (unpaired) electrons. The van der Waals surface area contributed by atoms with Crippen LogP contribution in [0.4, 0.5) is 4.39 Å². The van der Waals surface area contributed by atoms with Crippen LogP contribution in [0.25, 0.3) is 0 Å². The lowest BCUT2D eigenvalue weighted by molar-refractivity contribution is 0.0751. The Kier molecular flexibility index (Phi) is 2.80. The smallest absolute Gasteiger partial charge is 0.182 e. The van der Waals surface area contributed by atoms with Crippen molar-refractivity contribution in [3.8, 4) is 17.6 Å². The van der Waals surface area contributed by atoms with Crippen molar-refractivity contribution in [1.82, 2.24) is 9.78 Å². The first kappa shape index (κ1) is 11.5. The second-order valence-electron chi connectivity index (χ2n) is 4.14. The fourth-order valence-electron chi connectivity index (χ4n) is 1.98. The molecule has 1 aromatic carbocycles. The summed E-state index contributed by atoms with van der Waals surface area (Å²) in [6, 6.07) is 6.28. The van der Waals surface area contributed by atoms with Crippen LogP contribution in [0.3, 0.4) is 0 Å². The molecule has 96 valence electrons. The van der Waals surface area contributed by atoms with Crippen molar-refractivity contribution in [2.24, 2.45) is 0 Å². The van der Waals surface area contributed by atoms with Crippen LogP contribution in [-0.2, 0) is 6.54 Å². The summed E-state index contributed by atoms with van der Waals surface area (Å²) < 4.78 is 26.3. The van der Waals surface area contributed by atoms with Gasteiger partial charge in [-0.3, -0.25) is 4.68 Å². The Morgan fingerprint density at radius 3 is 3.16 bits per heavy atom. The zero-order valence-electron chi connectivity index (χ0n) is 9.91. The minimum Gasteiger partial charge on any atom is -0.484 e. The van der Waals surface area contributed by atoms with Gasteiger partial charge in [-0.1, -0.05) is 0 Å². The van der Waals surface area contributed by atoms with Crippen LogP contribution in [0.5, 0.6) is 11.5 Å². The van der Waals surface area contributed by atoms with Crippen molar-refractivity contribution in [2.75, 3.05) is 6.61 Å². The van der Waals surface area contributed by atoms with Gasteiger partial charge in [0.25, 0.3) is 0 Å². The van der Waals surface area contributed by atoms with Crippen LogP contribution in [0.1, 0.15) is 5.56 Å². The van der Waals surface area contributed by atoms with E-state index in [0.717, 1.165) is 0 Å². The monoisotopic (exact) mass is 259 g/mol. The number of rotatable bonds is 2. The normalized spacial score (nSPS) is 16.9. The highest BCUT2D eigenvalue weighted by atomic mass is 19.1. The van der Waals surface area contributed by atoms with E-state index < -0.39 is 5.82 Å². The van der Waals surface area contributed by atoms with E-state index in [-0.39, 0.29) is 24.0 Å². The summed E-state index contributed by atoms with van der Waals surface area (Å²) in [5.41, 5.74) is -0.116. The van der Waals surface area contributed by atoms with Crippen LogP contribution in [-0.4, -0.2) is 22.5 Å². The number of aromatic nitrogens is 2. The van der Waals surface area contributed by atoms with Gasteiger partial charge in [0.2, 0.25) is 0 Å². The molecule has 5 nitrogen and oxygen atoms in total. The van der Waals surface area contributed by atoms with E-state index in [1.807, 2.05) is 12.3 Å². The molecule has 0 amide bonds. The van der Waals surface area contributed by atoms with E-state index in [9.17, 15) is 4.39 Å². The third-order valence-corrected chi connectivity index (χ3v) is 2.84. The molecule has 0 N–H and O–H groups in total. The van der Waals surface area contributed by atoms with Gasteiger partial charge in [0, 0.05) is 12.4 Å². The highest BCUT2D eigenvalue weighted by Crippen LogP contribution is 2.36. The Balaban J connectivity index is 1.83. The van der Waals surface area contributed by atoms with Crippen LogP contribution >= 0.6 is 0 Å². The van der Waals surface area contributed by atoms with Crippen molar-refractivity contribution in [3.05, 3.63) is 42.0 Å². The zero-order valence-corrected chi connectivity index (χ0v) is 9.91. The van der Waals surface area contributed by atoms with Gasteiger partial charge in [-0.05, 0) is 18.2 Å². The fraction of sp³-hybridized carbons (Fsp3) is 0.231. The van der Waals surface area contributed by atoms with E-state index in [4.69, 9.17) is 14.7 Å². The Morgan fingerprint density at radius 1 is 1.53 bits per heavy atom. The minimum absolute atomic E-state index is 0.116. The molecule has 1 aromatic heterocycles. The second kappa shape index (κ2) is 4.61. The number of nitrogens with zero attached hydrogens (tertiary/aromatic N) is 3. The molecule has 0 aliphatic carbocycles. The predicted molar refractivity (Wildman–Crippen MR) is 63.3 cm³/mol. The first-order chi connectivity index (χ1) is 9.28. The third kappa shape index (κ3) is 2.10. The topological polar surface area (TPSA) is 60.1 Å². The number of hydrogen-bond donors (Lipinski definition) is 0. The molecule has 0 spiro atoms. The minimum atomic E-state index is -0.602. The molecule has 3 rings (SSSR count). The molecule has 1 aliphatic rings. The Bertz CT molecular complexity index is 634. The van der Waals surface area contributed by atoms with Crippen LogP contribution in [0.2, 0.25) is 0 Å². The zero-order chi connectivity index (χ0) is 13.2. The van der Waals surface area contributed by atoms with Gasteiger partial charge in [-0.15, -0.1) is 0 Å². The molecule has 19 heavy (non-hydrogen) atoms. The maximum atomic E-state index is 13.4. The maximum absolute atomic E-state index is 13.4. The van der Waals surface area contributed by atoms with E-state index in [2.05, 4.69) is 5.10 Å². The highest BCUT2D eigenvalue weighted by molar-refractivity contribution is 5.54. The molecule has 0 saturated heterocycles. The summed E-state index contributed by atoms with van der Waals surface area (Å²) in [7, 11) is 0. The predicted octanol–water partition coefficient (Wildman–Crippen LogP) is 1.73.